The van der Waals surface area contributed by atoms with Crippen LogP contribution in [0.15, 0.2) is 36.4 Å². The summed E-state index contributed by atoms with van der Waals surface area (Å²) >= 11 is 11.9. The van der Waals surface area contributed by atoms with Crippen LogP contribution in [0.5, 0.6) is 0 Å². The Morgan fingerprint density at radius 1 is 0.885 bits per heavy atom. The van der Waals surface area contributed by atoms with Crippen LogP contribution in [0, 0.1) is 0 Å². The largest absolute Gasteiger partial charge is 0.378 e. The van der Waals surface area contributed by atoms with Gasteiger partial charge in [0, 0.05) is 26.3 Å². The molecule has 0 aliphatic carbocycles. The first kappa shape index (κ1) is 18.7. The van der Waals surface area contributed by atoms with Gasteiger partial charge in [-0.1, -0.05) is 35.3 Å². The molecule has 2 amide bonds. The predicted molar refractivity (Wildman–Crippen MR) is 104 cm³/mol. The van der Waals surface area contributed by atoms with Crippen LogP contribution >= 0.6 is 23.2 Å². The molecule has 0 saturated carbocycles. The molecule has 0 fully saturated rings. The minimum atomic E-state index is -0.349. The summed E-state index contributed by atoms with van der Waals surface area (Å²) in [5.41, 5.74) is 2.81. The zero-order chi connectivity index (χ0) is 19.0. The summed E-state index contributed by atoms with van der Waals surface area (Å²) in [6.07, 6.45) is 0. The molecule has 2 aromatic carbocycles. The van der Waals surface area contributed by atoms with Gasteiger partial charge in [0.15, 0.2) is 0 Å². The number of imide groups is 1. The molecule has 1 aliphatic heterocycles. The van der Waals surface area contributed by atoms with Crippen LogP contribution < -0.4 is 4.90 Å². The monoisotopic (exact) mass is 391 g/mol. The number of benzene rings is 2. The van der Waals surface area contributed by atoms with E-state index < -0.39 is 0 Å². The van der Waals surface area contributed by atoms with Gasteiger partial charge in [-0.3, -0.25) is 19.4 Å². The fourth-order valence-electron chi connectivity index (χ4n) is 2.91. The molecule has 0 unspecified atom stereocenters. The zero-order valence-electron chi connectivity index (χ0n) is 14.8. The van der Waals surface area contributed by atoms with E-state index in [0.29, 0.717) is 17.7 Å². The van der Waals surface area contributed by atoms with Crippen molar-refractivity contribution < 1.29 is 9.59 Å². The van der Waals surface area contributed by atoms with Gasteiger partial charge >= 0.3 is 0 Å². The van der Waals surface area contributed by atoms with Crippen LogP contribution in [0.4, 0.5) is 5.69 Å². The van der Waals surface area contributed by atoms with Gasteiger partial charge in [0.25, 0.3) is 11.8 Å². The van der Waals surface area contributed by atoms with Gasteiger partial charge in [-0.25, -0.2) is 0 Å². The maximum absolute atomic E-state index is 12.5. The molecular formula is C19H19Cl2N3O2. The second kappa shape index (κ2) is 7.27. The highest BCUT2D eigenvalue weighted by Gasteiger charge is 2.36. The van der Waals surface area contributed by atoms with Crippen molar-refractivity contribution in [3.8, 4) is 0 Å². The third-order valence-corrected chi connectivity index (χ3v) is 5.02. The summed E-state index contributed by atoms with van der Waals surface area (Å²) in [6, 6.07) is 11.1. The van der Waals surface area contributed by atoms with Crippen LogP contribution in [0.1, 0.15) is 26.3 Å². The van der Waals surface area contributed by atoms with E-state index in [1.807, 2.05) is 55.2 Å². The Balaban J connectivity index is 1.71. The minimum absolute atomic E-state index is 0.191. The first-order chi connectivity index (χ1) is 12.3. The third kappa shape index (κ3) is 3.56. The highest BCUT2D eigenvalue weighted by atomic mass is 35.5. The first-order valence-electron chi connectivity index (χ1n) is 8.08. The van der Waals surface area contributed by atoms with E-state index in [9.17, 15) is 9.59 Å². The maximum atomic E-state index is 12.5. The highest BCUT2D eigenvalue weighted by Crippen LogP contribution is 2.31. The topological polar surface area (TPSA) is 43.9 Å². The number of fused-ring (bicyclic) bond motifs is 1. The van der Waals surface area contributed by atoms with Gasteiger partial charge in [0.05, 0.1) is 27.8 Å². The van der Waals surface area contributed by atoms with E-state index in [4.69, 9.17) is 23.2 Å². The van der Waals surface area contributed by atoms with Gasteiger partial charge in [-0.2, -0.15) is 0 Å². The molecule has 2 aromatic rings. The molecule has 0 saturated heterocycles. The van der Waals surface area contributed by atoms with Crippen LogP contribution in [0.3, 0.4) is 0 Å². The molecule has 0 radical (unpaired) electrons. The fraction of sp³-hybridized carbons (Fsp3) is 0.263. The quantitative estimate of drug-likeness (QED) is 0.728. The van der Waals surface area contributed by atoms with E-state index >= 15 is 0 Å². The molecule has 7 heteroatoms. The normalized spacial score (nSPS) is 13.5. The van der Waals surface area contributed by atoms with Crippen molar-refractivity contribution >= 4 is 40.7 Å². The maximum Gasteiger partial charge on any atom is 0.262 e. The van der Waals surface area contributed by atoms with Crippen molar-refractivity contribution in [2.24, 2.45) is 0 Å². The van der Waals surface area contributed by atoms with Crippen molar-refractivity contribution in [1.82, 2.24) is 9.80 Å². The van der Waals surface area contributed by atoms with Crippen molar-refractivity contribution in [3.63, 3.8) is 0 Å². The lowest BCUT2D eigenvalue weighted by Crippen LogP contribution is -2.39. The molecule has 0 bridgehead atoms. The Bertz CT molecular complexity index is 825. The number of amides is 2. The molecule has 1 heterocycles. The van der Waals surface area contributed by atoms with Crippen LogP contribution in [-0.4, -0.2) is 49.4 Å². The average Bonchev–Trinajstić information content (AvgIpc) is 2.80. The molecule has 5 nitrogen and oxygen atoms in total. The number of carbonyl (C=O) groups excluding carboxylic acids is 2. The molecule has 1 aliphatic rings. The van der Waals surface area contributed by atoms with Crippen LogP contribution in [-0.2, 0) is 6.54 Å². The molecule has 0 atom stereocenters. The lowest BCUT2D eigenvalue weighted by molar-refractivity contribution is 0.0559. The highest BCUT2D eigenvalue weighted by molar-refractivity contribution is 6.43. The fourth-order valence-corrected chi connectivity index (χ4v) is 3.24. The van der Waals surface area contributed by atoms with E-state index in [0.717, 1.165) is 11.3 Å². The number of anilines is 1. The zero-order valence-corrected chi connectivity index (χ0v) is 16.3. The lowest BCUT2D eigenvalue weighted by Gasteiger charge is -2.23. The Labute approximate surface area is 162 Å². The van der Waals surface area contributed by atoms with E-state index in [1.54, 1.807) is 0 Å². The van der Waals surface area contributed by atoms with Crippen LogP contribution in [0.25, 0.3) is 0 Å². The summed E-state index contributed by atoms with van der Waals surface area (Å²) in [4.78, 5) is 30.3. The van der Waals surface area contributed by atoms with Gasteiger partial charge in [0.1, 0.15) is 0 Å². The summed E-state index contributed by atoms with van der Waals surface area (Å²) in [7, 11) is 5.84. The average molecular weight is 392 g/mol. The van der Waals surface area contributed by atoms with E-state index in [2.05, 4.69) is 0 Å². The smallest absolute Gasteiger partial charge is 0.262 e. The minimum Gasteiger partial charge on any atom is -0.378 e. The predicted octanol–water partition coefficient (Wildman–Crippen LogP) is 3.74. The number of rotatable bonds is 5. The standard InChI is InChI=1S/C19H19Cl2N3O2/c1-22(2)13-6-4-12(5-7-13)10-23(3)11-24-18(25)14-8-16(20)17(21)9-15(14)19(24)26/h4-9H,10-11H2,1-3H3. The van der Waals surface area contributed by atoms with Gasteiger partial charge in [-0.15, -0.1) is 0 Å². The number of hydrogen-bond acceptors (Lipinski definition) is 4. The Morgan fingerprint density at radius 2 is 1.38 bits per heavy atom. The third-order valence-electron chi connectivity index (χ3n) is 4.30. The molecule has 0 spiro atoms. The van der Waals surface area contributed by atoms with Gasteiger partial charge < -0.3 is 4.90 Å². The number of hydrogen-bond donors (Lipinski definition) is 0. The molecule has 0 aromatic heterocycles. The van der Waals surface area contributed by atoms with Crippen molar-refractivity contribution in [1.29, 1.82) is 0 Å². The van der Waals surface area contributed by atoms with Crippen molar-refractivity contribution in [2.75, 3.05) is 32.7 Å². The summed E-state index contributed by atoms with van der Waals surface area (Å²) in [5, 5.41) is 0.533. The van der Waals surface area contributed by atoms with Gasteiger partial charge in [0.2, 0.25) is 0 Å². The van der Waals surface area contributed by atoms with Crippen LogP contribution in [0.2, 0.25) is 10.0 Å². The van der Waals surface area contributed by atoms with Gasteiger partial charge in [-0.05, 0) is 36.9 Å². The molecule has 26 heavy (non-hydrogen) atoms. The summed E-state index contributed by atoms with van der Waals surface area (Å²) in [5.74, 6) is -0.697. The van der Waals surface area contributed by atoms with Crippen molar-refractivity contribution in [3.05, 3.63) is 63.1 Å². The molecule has 0 N–H and O–H groups in total. The second-order valence-corrected chi connectivity index (χ2v) is 7.38. The van der Waals surface area contributed by atoms with Crippen molar-refractivity contribution in [2.45, 2.75) is 6.54 Å². The molecule has 3 rings (SSSR count). The first-order valence-corrected chi connectivity index (χ1v) is 8.83. The SMILES string of the molecule is CN(Cc1ccc(N(C)C)cc1)CN1C(=O)c2cc(Cl)c(Cl)cc2C1=O. The van der Waals surface area contributed by atoms with E-state index in [1.165, 1.54) is 17.0 Å². The summed E-state index contributed by atoms with van der Waals surface area (Å²) < 4.78 is 0. The molecule has 136 valence electrons. The Morgan fingerprint density at radius 3 is 1.85 bits per heavy atom. The van der Waals surface area contributed by atoms with E-state index in [-0.39, 0.29) is 28.5 Å². The second-order valence-electron chi connectivity index (χ2n) is 6.57. The summed E-state index contributed by atoms with van der Waals surface area (Å²) in [6.45, 7) is 0.805. The lowest BCUT2D eigenvalue weighted by atomic mass is 10.1. The molecular weight excluding hydrogens is 373 g/mol. The Hall–Kier alpha value is -2.08. The number of nitrogens with zero attached hydrogens (tertiary/aromatic N) is 3. The number of carbonyl (C=O) groups is 2. The Kier molecular flexibility index (Phi) is 5.23. The number of halogens is 2.